The number of carbonyl (C=O) groups excluding carboxylic acids is 1. The Kier molecular flexibility index (Phi) is 7.87. The molecule has 0 aliphatic carbocycles. The minimum absolute atomic E-state index is 0.0822. The van der Waals surface area contributed by atoms with Gasteiger partial charge < -0.3 is 20.9 Å². The third kappa shape index (κ3) is 5.69. The molecule has 0 radical (unpaired) electrons. The lowest BCUT2D eigenvalue weighted by Crippen LogP contribution is -2.34. The zero-order chi connectivity index (χ0) is 14.8. The Morgan fingerprint density at radius 3 is 2.65 bits per heavy atom. The molecule has 1 rings (SSSR count). The van der Waals surface area contributed by atoms with Crippen molar-refractivity contribution in [3.63, 3.8) is 0 Å². The van der Waals surface area contributed by atoms with Gasteiger partial charge in [-0.05, 0) is 12.0 Å². The van der Waals surface area contributed by atoms with E-state index in [4.69, 9.17) is 15.6 Å². The molecule has 0 saturated heterocycles. The maximum Gasteiger partial charge on any atom is 0.222 e. The minimum atomic E-state index is -0.247. The molecule has 20 heavy (non-hydrogen) atoms. The summed E-state index contributed by atoms with van der Waals surface area (Å²) in [5, 5.41) is 12.0. The lowest BCUT2D eigenvalue weighted by molar-refractivity contribution is -0.123. The first-order valence-electron chi connectivity index (χ1n) is 6.86. The standard InChI is InChI=1S/C15H24N2O3/c1-20-14(10-16)9-15(19)17-11-13(7-8-18)12-5-3-2-4-6-12/h2-6,13-14,18H,7-11,16H2,1H3,(H,17,19). The highest BCUT2D eigenvalue weighted by Gasteiger charge is 2.15. The molecule has 0 fully saturated rings. The molecule has 0 bridgehead atoms. The molecule has 0 saturated carbocycles. The van der Waals surface area contributed by atoms with Crippen molar-refractivity contribution in [3.05, 3.63) is 35.9 Å². The SMILES string of the molecule is COC(CN)CC(=O)NCC(CCO)c1ccccc1. The molecule has 0 aliphatic rings. The summed E-state index contributed by atoms with van der Waals surface area (Å²) in [6, 6.07) is 9.87. The summed E-state index contributed by atoms with van der Waals surface area (Å²) < 4.78 is 5.08. The van der Waals surface area contributed by atoms with Gasteiger partial charge >= 0.3 is 0 Å². The molecule has 0 aliphatic heterocycles. The smallest absolute Gasteiger partial charge is 0.222 e. The molecular weight excluding hydrogens is 256 g/mol. The number of aliphatic hydroxyl groups excluding tert-OH is 1. The number of amides is 1. The molecule has 5 heteroatoms. The minimum Gasteiger partial charge on any atom is -0.396 e. The fourth-order valence-electron chi connectivity index (χ4n) is 2.05. The summed E-state index contributed by atoms with van der Waals surface area (Å²) in [4.78, 5) is 11.8. The quantitative estimate of drug-likeness (QED) is 0.619. The van der Waals surface area contributed by atoms with Gasteiger partial charge in [-0.2, -0.15) is 0 Å². The zero-order valence-electron chi connectivity index (χ0n) is 11.9. The van der Waals surface area contributed by atoms with Crippen molar-refractivity contribution >= 4 is 5.91 Å². The van der Waals surface area contributed by atoms with Crippen LogP contribution in [-0.4, -0.2) is 43.9 Å². The van der Waals surface area contributed by atoms with E-state index in [9.17, 15) is 4.79 Å². The van der Waals surface area contributed by atoms with Crippen molar-refractivity contribution in [2.45, 2.75) is 24.9 Å². The zero-order valence-corrected chi connectivity index (χ0v) is 11.9. The monoisotopic (exact) mass is 280 g/mol. The van der Waals surface area contributed by atoms with Gasteiger partial charge in [0.05, 0.1) is 12.5 Å². The molecule has 0 aromatic heterocycles. The van der Waals surface area contributed by atoms with Gasteiger partial charge in [-0.25, -0.2) is 0 Å². The summed E-state index contributed by atoms with van der Waals surface area (Å²) in [7, 11) is 1.54. The maximum absolute atomic E-state index is 11.8. The first-order chi connectivity index (χ1) is 9.71. The lowest BCUT2D eigenvalue weighted by atomic mass is 9.96. The van der Waals surface area contributed by atoms with Crippen LogP contribution in [0.1, 0.15) is 24.3 Å². The molecule has 2 atom stereocenters. The number of aliphatic hydroxyl groups is 1. The van der Waals surface area contributed by atoms with Gasteiger partial charge in [-0.3, -0.25) is 4.79 Å². The lowest BCUT2D eigenvalue weighted by Gasteiger charge is -2.18. The second kappa shape index (κ2) is 9.47. The topological polar surface area (TPSA) is 84.6 Å². The molecule has 1 amide bonds. The molecule has 1 aromatic rings. The number of hydrogen-bond donors (Lipinski definition) is 3. The molecule has 0 heterocycles. The van der Waals surface area contributed by atoms with Gasteiger partial charge in [0.15, 0.2) is 0 Å². The van der Waals surface area contributed by atoms with Crippen molar-refractivity contribution < 1.29 is 14.6 Å². The van der Waals surface area contributed by atoms with Gasteiger partial charge in [0.2, 0.25) is 5.91 Å². The number of carbonyl (C=O) groups is 1. The van der Waals surface area contributed by atoms with Gasteiger partial charge in [-0.1, -0.05) is 30.3 Å². The molecule has 5 nitrogen and oxygen atoms in total. The number of rotatable bonds is 9. The van der Waals surface area contributed by atoms with Crippen molar-refractivity contribution in [1.82, 2.24) is 5.32 Å². The fourth-order valence-corrected chi connectivity index (χ4v) is 2.05. The average molecular weight is 280 g/mol. The Morgan fingerprint density at radius 1 is 1.40 bits per heavy atom. The molecular formula is C15H24N2O3. The first-order valence-corrected chi connectivity index (χ1v) is 6.86. The van der Waals surface area contributed by atoms with Crippen molar-refractivity contribution in [1.29, 1.82) is 0 Å². The summed E-state index contributed by atoms with van der Waals surface area (Å²) in [5.41, 5.74) is 6.60. The van der Waals surface area contributed by atoms with E-state index in [1.165, 1.54) is 0 Å². The molecule has 2 unspecified atom stereocenters. The van der Waals surface area contributed by atoms with Crippen LogP contribution in [0.5, 0.6) is 0 Å². The Bertz CT molecular complexity index is 380. The Labute approximate surface area is 120 Å². The third-order valence-corrected chi connectivity index (χ3v) is 3.30. The van der Waals surface area contributed by atoms with Gasteiger partial charge in [-0.15, -0.1) is 0 Å². The number of ether oxygens (including phenoxy) is 1. The van der Waals surface area contributed by atoms with Crippen LogP contribution in [0, 0.1) is 0 Å². The van der Waals surface area contributed by atoms with Crippen LogP contribution in [0.15, 0.2) is 30.3 Å². The summed E-state index contributed by atoms with van der Waals surface area (Å²) >= 11 is 0. The number of nitrogens with one attached hydrogen (secondary N) is 1. The predicted octanol–water partition coefficient (Wildman–Crippen LogP) is 0.633. The van der Waals surface area contributed by atoms with E-state index in [0.29, 0.717) is 19.5 Å². The normalized spacial score (nSPS) is 13.8. The Balaban J connectivity index is 2.49. The van der Waals surface area contributed by atoms with Crippen LogP contribution in [0.3, 0.4) is 0 Å². The molecule has 4 N–H and O–H groups in total. The van der Waals surface area contributed by atoms with Crippen LogP contribution in [-0.2, 0) is 9.53 Å². The highest BCUT2D eigenvalue weighted by Crippen LogP contribution is 2.18. The summed E-state index contributed by atoms with van der Waals surface area (Å²) in [5.74, 6) is 0.0326. The number of methoxy groups -OCH3 is 1. The second-order valence-electron chi connectivity index (χ2n) is 4.72. The van der Waals surface area contributed by atoms with Gasteiger partial charge in [0.25, 0.3) is 0 Å². The Morgan fingerprint density at radius 2 is 2.10 bits per heavy atom. The Hall–Kier alpha value is -1.43. The van der Waals surface area contributed by atoms with E-state index in [0.717, 1.165) is 5.56 Å². The highest BCUT2D eigenvalue weighted by molar-refractivity contribution is 5.76. The van der Waals surface area contributed by atoms with E-state index >= 15 is 0 Å². The van der Waals surface area contributed by atoms with Crippen molar-refractivity contribution in [2.75, 3.05) is 26.8 Å². The van der Waals surface area contributed by atoms with Crippen molar-refractivity contribution in [2.24, 2.45) is 5.73 Å². The number of hydrogen-bond acceptors (Lipinski definition) is 4. The molecule has 112 valence electrons. The van der Waals surface area contributed by atoms with Crippen LogP contribution >= 0.6 is 0 Å². The average Bonchev–Trinajstić information content (AvgIpc) is 2.49. The second-order valence-corrected chi connectivity index (χ2v) is 4.72. The van der Waals surface area contributed by atoms with Gasteiger partial charge in [0, 0.05) is 32.7 Å². The van der Waals surface area contributed by atoms with Crippen LogP contribution in [0.4, 0.5) is 0 Å². The summed E-state index contributed by atoms with van der Waals surface area (Å²) in [6.07, 6.45) is 0.630. The van der Waals surface area contributed by atoms with Crippen LogP contribution < -0.4 is 11.1 Å². The number of nitrogens with two attached hydrogens (primary N) is 1. The van der Waals surface area contributed by atoms with Crippen LogP contribution in [0.2, 0.25) is 0 Å². The van der Waals surface area contributed by atoms with E-state index in [1.54, 1.807) is 7.11 Å². The highest BCUT2D eigenvalue weighted by atomic mass is 16.5. The van der Waals surface area contributed by atoms with E-state index in [1.807, 2.05) is 30.3 Å². The predicted molar refractivity (Wildman–Crippen MR) is 78.4 cm³/mol. The third-order valence-electron chi connectivity index (χ3n) is 3.30. The van der Waals surface area contributed by atoms with E-state index in [-0.39, 0.29) is 31.0 Å². The first kappa shape index (κ1) is 16.6. The fraction of sp³-hybridized carbons (Fsp3) is 0.533. The maximum atomic E-state index is 11.8. The largest absolute Gasteiger partial charge is 0.396 e. The van der Waals surface area contributed by atoms with E-state index in [2.05, 4.69) is 5.32 Å². The van der Waals surface area contributed by atoms with E-state index < -0.39 is 0 Å². The summed E-state index contributed by atoms with van der Waals surface area (Å²) in [6.45, 7) is 0.923. The van der Waals surface area contributed by atoms with Crippen molar-refractivity contribution in [3.8, 4) is 0 Å². The number of benzene rings is 1. The molecule has 0 spiro atoms. The van der Waals surface area contributed by atoms with Gasteiger partial charge in [0.1, 0.15) is 0 Å². The molecule has 1 aromatic carbocycles. The van der Waals surface area contributed by atoms with Crippen LogP contribution in [0.25, 0.3) is 0 Å².